The number of esters is 1. The Morgan fingerprint density at radius 3 is 2.16 bits per heavy atom. The maximum Gasteiger partial charge on any atom is 0.316 e. The molecule has 0 amide bonds. The maximum absolute atomic E-state index is 12.4. The summed E-state index contributed by atoms with van der Waals surface area (Å²) in [6, 6.07) is 7.49. The summed E-state index contributed by atoms with van der Waals surface area (Å²) >= 11 is 0. The van der Waals surface area contributed by atoms with E-state index < -0.39 is 11.9 Å². The Morgan fingerprint density at radius 2 is 1.74 bits per heavy atom. The molecule has 0 radical (unpaired) electrons. The second-order valence-corrected chi connectivity index (χ2v) is 5.06. The Balaban J connectivity index is 2.93. The number of hydrogen-bond donors (Lipinski definition) is 0. The Kier molecular flexibility index (Phi) is 5.74. The van der Waals surface area contributed by atoms with Gasteiger partial charge in [-0.1, -0.05) is 51.5 Å². The summed E-state index contributed by atoms with van der Waals surface area (Å²) in [6.07, 6.45) is 2.07. The van der Waals surface area contributed by atoms with E-state index in [0.717, 1.165) is 12.8 Å². The number of carbonyl (C=O) groups excluding carboxylic acids is 2. The molecule has 1 atom stereocenters. The predicted octanol–water partition coefficient (Wildman–Crippen LogP) is 3.27. The first kappa shape index (κ1) is 15.4. The molecular formula is C16H22O3. The van der Waals surface area contributed by atoms with Crippen LogP contribution in [0.2, 0.25) is 0 Å². The van der Waals surface area contributed by atoms with Crippen molar-refractivity contribution in [2.75, 3.05) is 7.11 Å². The monoisotopic (exact) mass is 262 g/mol. The van der Waals surface area contributed by atoms with Crippen molar-refractivity contribution in [2.45, 2.75) is 33.6 Å². The lowest BCUT2D eigenvalue weighted by atomic mass is 9.87. The van der Waals surface area contributed by atoms with Crippen molar-refractivity contribution in [1.29, 1.82) is 0 Å². The summed E-state index contributed by atoms with van der Waals surface area (Å²) in [5.41, 5.74) is 1.78. The Morgan fingerprint density at radius 1 is 1.16 bits per heavy atom. The highest BCUT2D eigenvalue weighted by Crippen LogP contribution is 2.19. The van der Waals surface area contributed by atoms with Gasteiger partial charge in [0.05, 0.1) is 7.11 Å². The van der Waals surface area contributed by atoms with E-state index in [1.807, 2.05) is 26.0 Å². The lowest BCUT2D eigenvalue weighted by molar-refractivity contribution is -0.144. The molecule has 0 N–H and O–H groups in total. The number of aryl methyl sites for hydroxylation is 1. The molecular weight excluding hydrogens is 240 g/mol. The smallest absolute Gasteiger partial charge is 0.316 e. The predicted molar refractivity (Wildman–Crippen MR) is 75.1 cm³/mol. The van der Waals surface area contributed by atoms with Gasteiger partial charge in [0, 0.05) is 5.56 Å². The first-order chi connectivity index (χ1) is 9.01. The molecule has 0 bridgehead atoms. The third kappa shape index (κ3) is 3.91. The number of ketones is 1. The van der Waals surface area contributed by atoms with Crippen LogP contribution in [-0.2, 0) is 16.0 Å². The van der Waals surface area contributed by atoms with Gasteiger partial charge in [-0.2, -0.15) is 0 Å². The lowest BCUT2D eigenvalue weighted by Crippen LogP contribution is -2.30. The van der Waals surface area contributed by atoms with E-state index in [0.29, 0.717) is 5.56 Å². The standard InChI is InChI=1S/C16H22O3/c1-5-6-12-7-9-13(10-8-12)15(17)14(11(2)3)16(18)19-4/h7-11,14H,5-6H2,1-4H3. The number of methoxy groups -OCH3 is 1. The Bertz CT molecular complexity index is 432. The topological polar surface area (TPSA) is 43.4 Å². The van der Waals surface area contributed by atoms with Crippen LogP contribution in [0.3, 0.4) is 0 Å². The van der Waals surface area contributed by atoms with Crippen LogP contribution >= 0.6 is 0 Å². The van der Waals surface area contributed by atoms with Crippen molar-refractivity contribution < 1.29 is 14.3 Å². The van der Waals surface area contributed by atoms with E-state index in [1.54, 1.807) is 12.1 Å². The molecule has 0 spiro atoms. The number of rotatable bonds is 6. The number of Topliss-reactive ketones (excluding diaryl/α,β-unsaturated/α-hetero) is 1. The van der Waals surface area contributed by atoms with Crippen molar-refractivity contribution in [3.05, 3.63) is 35.4 Å². The lowest BCUT2D eigenvalue weighted by Gasteiger charge is -2.17. The van der Waals surface area contributed by atoms with E-state index >= 15 is 0 Å². The Hall–Kier alpha value is -1.64. The Labute approximate surface area is 115 Å². The molecule has 3 heteroatoms. The van der Waals surface area contributed by atoms with Gasteiger partial charge in [0.1, 0.15) is 5.92 Å². The second-order valence-electron chi connectivity index (χ2n) is 5.06. The first-order valence-electron chi connectivity index (χ1n) is 6.72. The van der Waals surface area contributed by atoms with Crippen LogP contribution in [0.15, 0.2) is 24.3 Å². The molecule has 1 aromatic carbocycles. The minimum Gasteiger partial charge on any atom is -0.468 e. The van der Waals surface area contributed by atoms with Crippen molar-refractivity contribution in [3.63, 3.8) is 0 Å². The van der Waals surface area contributed by atoms with Crippen LogP contribution in [-0.4, -0.2) is 18.9 Å². The normalized spacial score (nSPS) is 12.3. The average Bonchev–Trinajstić information content (AvgIpc) is 2.39. The summed E-state index contributed by atoms with van der Waals surface area (Å²) in [7, 11) is 1.31. The molecule has 3 nitrogen and oxygen atoms in total. The van der Waals surface area contributed by atoms with Crippen LogP contribution in [0.5, 0.6) is 0 Å². The fraction of sp³-hybridized carbons (Fsp3) is 0.500. The van der Waals surface area contributed by atoms with E-state index in [2.05, 4.69) is 6.92 Å². The zero-order valence-electron chi connectivity index (χ0n) is 12.1. The number of benzene rings is 1. The number of ether oxygens (including phenoxy) is 1. The van der Waals surface area contributed by atoms with Gasteiger partial charge < -0.3 is 4.74 Å². The molecule has 0 saturated carbocycles. The zero-order chi connectivity index (χ0) is 14.4. The molecule has 0 aromatic heterocycles. The van der Waals surface area contributed by atoms with E-state index in [-0.39, 0.29) is 11.7 Å². The van der Waals surface area contributed by atoms with Crippen molar-refractivity contribution >= 4 is 11.8 Å². The van der Waals surface area contributed by atoms with E-state index in [4.69, 9.17) is 4.74 Å². The van der Waals surface area contributed by atoms with Crippen molar-refractivity contribution in [1.82, 2.24) is 0 Å². The van der Waals surface area contributed by atoms with Crippen LogP contribution < -0.4 is 0 Å². The third-order valence-electron chi connectivity index (χ3n) is 3.18. The average molecular weight is 262 g/mol. The molecule has 1 unspecified atom stereocenters. The van der Waals surface area contributed by atoms with Gasteiger partial charge in [0.15, 0.2) is 5.78 Å². The van der Waals surface area contributed by atoms with Gasteiger partial charge in [0.2, 0.25) is 0 Å². The molecule has 1 rings (SSSR count). The van der Waals surface area contributed by atoms with Gasteiger partial charge >= 0.3 is 5.97 Å². The number of carbonyl (C=O) groups is 2. The fourth-order valence-corrected chi connectivity index (χ4v) is 2.11. The summed E-state index contributed by atoms with van der Waals surface area (Å²) in [4.78, 5) is 24.0. The van der Waals surface area contributed by atoms with Crippen LogP contribution in [0.4, 0.5) is 0 Å². The van der Waals surface area contributed by atoms with Gasteiger partial charge in [-0.15, -0.1) is 0 Å². The zero-order valence-corrected chi connectivity index (χ0v) is 12.1. The van der Waals surface area contributed by atoms with Crippen LogP contribution in [0.25, 0.3) is 0 Å². The number of hydrogen-bond acceptors (Lipinski definition) is 3. The second kappa shape index (κ2) is 7.07. The van der Waals surface area contributed by atoms with Crippen molar-refractivity contribution in [2.24, 2.45) is 11.8 Å². The highest BCUT2D eigenvalue weighted by atomic mass is 16.5. The van der Waals surface area contributed by atoms with Crippen molar-refractivity contribution in [3.8, 4) is 0 Å². The van der Waals surface area contributed by atoms with Gasteiger partial charge in [-0.3, -0.25) is 9.59 Å². The van der Waals surface area contributed by atoms with Gasteiger partial charge in [0.25, 0.3) is 0 Å². The van der Waals surface area contributed by atoms with Crippen LogP contribution in [0, 0.1) is 11.8 Å². The molecule has 0 fully saturated rings. The van der Waals surface area contributed by atoms with E-state index in [1.165, 1.54) is 12.7 Å². The SMILES string of the molecule is CCCc1ccc(C(=O)C(C(=O)OC)C(C)C)cc1. The van der Waals surface area contributed by atoms with Gasteiger partial charge in [-0.25, -0.2) is 0 Å². The fourth-order valence-electron chi connectivity index (χ4n) is 2.11. The maximum atomic E-state index is 12.4. The quantitative estimate of drug-likeness (QED) is 0.449. The van der Waals surface area contributed by atoms with E-state index in [9.17, 15) is 9.59 Å². The molecule has 104 valence electrons. The summed E-state index contributed by atoms with van der Waals surface area (Å²) in [5.74, 6) is -1.42. The molecule has 1 aromatic rings. The molecule has 19 heavy (non-hydrogen) atoms. The largest absolute Gasteiger partial charge is 0.468 e. The summed E-state index contributed by atoms with van der Waals surface area (Å²) in [5, 5.41) is 0. The summed E-state index contributed by atoms with van der Waals surface area (Å²) < 4.78 is 4.72. The molecule has 0 saturated heterocycles. The van der Waals surface area contributed by atoms with Crippen LogP contribution in [0.1, 0.15) is 43.1 Å². The molecule has 0 heterocycles. The first-order valence-corrected chi connectivity index (χ1v) is 6.72. The molecule has 0 aliphatic heterocycles. The minimum atomic E-state index is -0.720. The molecule has 0 aliphatic rings. The highest BCUT2D eigenvalue weighted by Gasteiger charge is 2.31. The van der Waals surface area contributed by atoms with Gasteiger partial charge in [-0.05, 0) is 17.9 Å². The third-order valence-corrected chi connectivity index (χ3v) is 3.18. The molecule has 0 aliphatic carbocycles. The highest BCUT2D eigenvalue weighted by molar-refractivity contribution is 6.08. The summed E-state index contributed by atoms with van der Waals surface area (Å²) in [6.45, 7) is 5.82. The minimum absolute atomic E-state index is 0.0738.